The average Bonchev–Trinajstić information content (AvgIpc) is 2.28. The van der Waals surface area contributed by atoms with Crippen LogP contribution in [-0.2, 0) is 5.60 Å². The summed E-state index contributed by atoms with van der Waals surface area (Å²) >= 11 is 0. The van der Waals surface area contributed by atoms with Gasteiger partial charge < -0.3 is 10.2 Å². The number of aliphatic hydroxyl groups excluding tert-OH is 1. The van der Waals surface area contributed by atoms with E-state index in [0.717, 1.165) is 18.4 Å². The van der Waals surface area contributed by atoms with Crippen molar-refractivity contribution < 1.29 is 10.2 Å². The molecule has 2 atom stereocenters. The van der Waals surface area contributed by atoms with E-state index in [4.69, 9.17) is 0 Å². The molecule has 2 heteroatoms. The van der Waals surface area contributed by atoms with Crippen LogP contribution in [-0.4, -0.2) is 16.3 Å². The molecule has 1 aromatic carbocycles. The molecule has 0 aliphatic rings. The number of hydrogen-bond donors (Lipinski definition) is 2. The summed E-state index contributed by atoms with van der Waals surface area (Å²) in [6.45, 7) is 3.86. The zero-order valence-corrected chi connectivity index (χ0v) is 10.2. The van der Waals surface area contributed by atoms with E-state index in [0.29, 0.717) is 12.8 Å². The highest BCUT2D eigenvalue weighted by molar-refractivity contribution is 5.21. The number of benzene rings is 1. The highest BCUT2D eigenvalue weighted by Gasteiger charge is 2.23. The lowest BCUT2D eigenvalue weighted by Crippen LogP contribution is -2.23. The third kappa shape index (κ3) is 3.95. The molecule has 2 unspecified atom stereocenters. The molecule has 0 aromatic heterocycles. The summed E-state index contributed by atoms with van der Waals surface area (Å²) in [6, 6.07) is 9.63. The molecule has 0 saturated heterocycles. The number of rotatable bonds is 6. The second-order valence-corrected chi connectivity index (χ2v) is 4.62. The minimum absolute atomic E-state index is 0.291. The Labute approximate surface area is 97.9 Å². The standard InChI is InChI=1S/C14H22O2/c1-3-7-13(15)10-11-14(2,16)12-8-5-4-6-9-12/h4-6,8-9,13,15-16H,3,7,10-11H2,1-2H3. The first-order chi connectivity index (χ1) is 7.56. The molecule has 0 spiro atoms. The van der Waals surface area contributed by atoms with Gasteiger partial charge in [0.05, 0.1) is 11.7 Å². The zero-order chi connectivity index (χ0) is 12.0. The van der Waals surface area contributed by atoms with Crippen LogP contribution in [0.2, 0.25) is 0 Å². The predicted molar refractivity (Wildman–Crippen MR) is 66.2 cm³/mol. The van der Waals surface area contributed by atoms with Gasteiger partial charge in [-0.2, -0.15) is 0 Å². The molecule has 0 aliphatic carbocycles. The first-order valence-electron chi connectivity index (χ1n) is 6.02. The SMILES string of the molecule is CCCC(O)CCC(C)(O)c1ccccc1. The van der Waals surface area contributed by atoms with Gasteiger partial charge in [0.25, 0.3) is 0 Å². The summed E-state index contributed by atoms with van der Waals surface area (Å²) in [5, 5.41) is 19.9. The van der Waals surface area contributed by atoms with Gasteiger partial charge in [0.1, 0.15) is 0 Å². The first-order valence-corrected chi connectivity index (χ1v) is 6.02. The average molecular weight is 222 g/mol. The molecular weight excluding hydrogens is 200 g/mol. The normalized spacial score (nSPS) is 16.8. The molecule has 0 radical (unpaired) electrons. The summed E-state index contributed by atoms with van der Waals surface area (Å²) in [5.74, 6) is 0. The zero-order valence-electron chi connectivity index (χ0n) is 10.2. The van der Waals surface area contributed by atoms with Crippen molar-refractivity contribution in [2.24, 2.45) is 0 Å². The van der Waals surface area contributed by atoms with E-state index >= 15 is 0 Å². The van der Waals surface area contributed by atoms with Crippen molar-refractivity contribution in [3.8, 4) is 0 Å². The summed E-state index contributed by atoms with van der Waals surface area (Å²) in [5.41, 5.74) is 0.0781. The molecule has 0 heterocycles. The number of hydrogen-bond acceptors (Lipinski definition) is 2. The van der Waals surface area contributed by atoms with E-state index in [1.807, 2.05) is 30.3 Å². The molecule has 0 amide bonds. The fraction of sp³-hybridized carbons (Fsp3) is 0.571. The highest BCUT2D eigenvalue weighted by Crippen LogP contribution is 2.26. The largest absolute Gasteiger partial charge is 0.393 e. The van der Waals surface area contributed by atoms with Crippen LogP contribution in [0.25, 0.3) is 0 Å². The quantitative estimate of drug-likeness (QED) is 0.777. The molecule has 1 rings (SSSR count). The van der Waals surface area contributed by atoms with Gasteiger partial charge in [0.15, 0.2) is 0 Å². The smallest absolute Gasteiger partial charge is 0.0869 e. The lowest BCUT2D eigenvalue weighted by Gasteiger charge is -2.25. The van der Waals surface area contributed by atoms with Crippen LogP contribution in [0.1, 0.15) is 45.1 Å². The van der Waals surface area contributed by atoms with Crippen LogP contribution < -0.4 is 0 Å². The van der Waals surface area contributed by atoms with Gasteiger partial charge in [-0.05, 0) is 31.7 Å². The Morgan fingerprint density at radius 1 is 1.19 bits per heavy atom. The van der Waals surface area contributed by atoms with Gasteiger partial charge in [0, 0.05) is 0 Å². The highest BCUT2D eigenvalue weighted by atomic mass is 16.3. The van der Waals surface area contributed by atoms with Crippen LogP contribution in [0.5, 0.6) is 0 Å². The van der Waals surface area contributed by atoms with Crippen LogP contribution in [0.15, 0.2) is 30.3 Å². The lowest BCUT2D eigenvalue weighted by atomic mass is 9.89. The molecule has 2 N–H and O–H groups in total. The minimum atomic E-state index is -0.837. The second-order valence-electron chi connectivity index (χ2n) is 4.62. The molecule has 2 nitrogen and oxygen atoms in total. The van der Waals surface area contributed by atoms with E-state index in [1.165, 1.54) is 0 Å². The maximum absolute atomic E-state index is 10.3. The number of aliphatic hydroxyl groups is 2. The van der Waals surface area contributed by atoms with Gasteiger partial charge in [-0.25, -0.2) is 0 Å². The minimum Gasteiger partial charge on any atom is -0.393 e. The lowest BCUT2D eigenvalue weighted by molar-refractivity contribution is 0.0274. The molecule has 0 fully saturated rings. The van der Waals surface area contributed by atoms with E-state index in [2.05, 4.69) is 6.92 Å². The Hall–Kier alpha value is -0.860. The Morgan fingerprint density at radius 2 is 1.81 bits per heavy atom. The van der Waals surface area contributed by atoms with Crippen molar-refractivity contribution in [1.29, 1.82) is 0 Å². The molecular formula is C14H22O2. The maximum Gasteiger partial charge on any atom is 0.0869 e. The van der Waals surface area contributed by atoms with Crippen LogP contribution in [0.3, 0.4) is 0 Å². The van der Waals surface area contributed by atoms with Gasteiger partial charge in [-0.3, -0.25) is 0 Å². The third-order valence-electron chi connectivity index (χ3n) is 2.98. The van der Waals surface area contributed by atoms with Gasteiger partial charge in [0.2, 0.25) is 0 Å². The Bertz CT molecular complexity index is 293. The van der Waals surface area contributed by atoms with Crippen LogP contribution >= 0.6 is 0 Å². The van der Waals surface area contributed by atoms with Crippen LogP contribution in [0.4, 0.5) is 0 Å². The Morgan fingerprint density at radius 3 is 2.38 bits per heavy atom. The Kier molecular flexibility index (Phi) is 4.97. The summed E-state index contributed by atoms with van der Waals surface area (Å²) in [6.07, 6.45) is 2.74. The molecule has 0 saturated carbocycles. The molecule has 0 bridgehead atoms. The molecule has 90 valence electrons. The molecule has 0 aliphatic heterocycles. The van der Waals surface area contributed by atoms with Gasteiger partial charge in [-0.1, -0.05) is 43.7 Å². The summed E-state index contributed by atoms with van der Waals surface area (Å²) in [7, 11) is 0. The Balaban J connectivity index is 2.52. The molecule has 16 heavy (non-hydrogen) atoms. The third-order valence-corrected chi connectivity index (χ3v) is 2.98. The van der Waals surface area contributed by atoms with Crippen molar-refractivity contribution in [3.05, 3.63) is 35.9 Å². The van der Waals surface area contributed by atoms with E-state index in [1.54, 1.807) is 6.92 Å². The van der Waals surface area contributed by atoms with Gasteiger partial charge in [-0.15, -0.1) is 0 Å². The fourth-order valence-corrected chi connectivity index (χ4v) is 1.87. The monoisotopic (exact) mass is 222 g/mol. The van der Waals surface area contributed by atoms with Crippen molar-refractivity contribution in [2.75, 3.05) is 0 Å². The fourth-order valence-electron chi connectivity index (χ4n) is 1.87. The van der Waals surface area contributed by atoms with E-state index in [9.17, 15) is 10.2 Å². The van der Waals surface area contributed by atoms with Crippen molar-refractivity contribution in [1.82, 2.24) is 0 Å². The van der Waals surface area contributed by atoms with Crippen molar-refractivity contribution in [3.63, 3.8) is 0 Å². The first kappa shape index (κ1) is 13.2. The molecule has 1 aromatic rings. The second kappa shape index (κ2) is 6.02. The maximum atomic E-state index is 10.3. The summed E-state index contributed by atoms with van der Waals surface area (Å²) in [4.78, 5) is 0. The summed E-state index contributed by atoms with van der Waals surface area (Å²) < 4.78 is 0. The van der Waals surface area contributed by atoms with E-state index < -0.39 is 5.60 Å². The predicted octanol–water partition coefficient (Wildman–Crippen LogP) is 2.84. The van der Waals surface area contributed by atoms with Crippen molar-refractivity contribution in [2.45, 2.75) is 51.2 Å². The topological polar surface area (TPSA) is 40.5 Å². The van der Waals surface area contributed by atoms with Gasteiger partial charge >= 0.3 is 0 Å². The van der Waals surface area contributed by atoms with Crippen molar-refractivity contribution >= 4 is 0 Å². The van der Waals surface area contributed by atoms with E-state index in [-0.39, 0.29) is 6.10 Å². The van der Waals surface area contributed by atoms with Crippen LogP contribution in [0, 0.1) is 0 Å².